The Kier molecular flexibility index (Phi) is 9.79. The summed E-state index contributed by atoms with van der Waals surface area (Å²) < 4.78 is 2.13. The highest BCUT2D eigenvalue weighted by Crippen LogP contribution is 2.24. The lowest BCUT2D eigenvalue weighted by molar-refractivity contribution is -0.127. The van der Waals surface area contributed by atoms with E-state index in [1.165, 1.54) is 0 Å². The van der Waals surface area contributed by atoms with E-state index in [1.807, 2.05) is 13.8 Å². The summed E-state index contributed by atoms with van der Waals surface area (Å²) in [6.07, 6.45) is 3.77. The largest absolute Gasteiger partial charge is 0.350 e. The molecule has 7 nitrogen and oxygen atoms in total. The lowest BCUT2D eigenvalue weighted by Crippen LogP contribution is -2.49. The van der Waals surface area contributed by atoms with E-state index in [0.717, 1.165) is 24.4 Å². The quantitative estimate of drug-likeness (QED) is 0.670. The summed E-state index contributed by atoms with van der Waals surface area (Å²) in [7, 11) is 0. The van der Waals surface area contributed by atoms with Crippen LogP contribution in [0.15, 0.2) is 6.20 Å². The Balaban J connectivity index is 0.00000338. The maximum absolute atomic E-state index is 12.1. The van der Waals surface area contributed by atoms with Crippen molar-refractivity contribution in [3.8, 4) is 0 Å². The molecule has 0 spiro atoms. The van der Waals surface area contributed by atoms with E-state index in [2.05, 4.69) is 42.2 Å². The van der Waals surface area contributed by atoms with Gasteiger partial charge in [-0.3, -0.25) is 9.59 Å². The van der Waals surface area contributed by atoms with E-state index in [9.17, 15) is 9.59 Å². The third kappa shape index (κ3) is 6.97. The second-order valence-electron chi connectivity index (χ2n) is 8.24. The minimum Gasteiger partial charge on any atom is -0.350 e. The van der Waals surface area contributed by atoms with Crippen LogP contribution in [0.1, 0.15) is 52.6 Å². The molecule has 2 rings (SSSR count). The fourth-order valence-electron chi connectivity index (χ4n) is 2.79. The molecule has 1 aliphatic rings. The van der Waals surface area contributed by atoms with Gasteiger partial charge in [-0.05, 0) is 12.3 Å². The number of carbonyl (C=O) groups excluding carboxylic acids is 2. The van der Waals surface area contributed by atoms with Gasteiger partial charge in [0.15, 0.2) is 0 Å². The number of hydrogen-bond acceptors (Lipinski definition) is 4. The van der Waals surface area contributed by atoms with Crippen molar-refractivity contribution in [1.82, 2.24) is 20.2 Å². The molecule has 1 unspecified atom stereocenters. The van der Waals surface area contributed by atoms with Gasteiger partial charge in [-0.15, -0.1) is 24.8 Å². The van der Waals surface area contributed by atoms with Crippen LogP contribution in [0, 0.1) is 5.92 Å². The molecule has 0 aromatic carbocycles. The van der Waals surface area contributed by atoms with Gasteiger partial charge in [-0.1, -0.05) is 34.6 Å². The Morgan fingerprint density at radius 1 is 1.33 bits per heavy atom. The minimum absolute atomic E-state index is 0. The molecule has 1 aromatic rings. The zero-order valence-electron chi connectivity index (χ0n) is 16.7. The van der Waals surface area contributed by atoms with Crippen LogP contribution >= 0.6 is 24.8 Å². The molecule has 0 saturated carbocycles. The minimum atomic E-state index is -0.591. The van der Waals surface area contributed by atoms with Gasteiger partial charge in [0.25, 0.3) is 0 Å². The van der Waals surface area contributed by atoms with Crippen molar-refractivity contribution in [2.75, 3.05) is 6.54 Å². The molecule has 1 aromatic heterocycles. The number of aryl methyl sites for hydroxylation is 1. The van der Waals surface area contributed by atoms with Crippen molar-refractivity contribution in [1.29, 1.82) is 0 Å². The summed E-state index contributed by atoms with van der Waals surface area (Å²) in [5.74, 6) is 0.638. The molecule has 27 heavy (non-hydrogen) atoms. The molecule has 4 N–H and O–H groups in total. The van der Waals surface area contributed by atoms with E-state index >= 15 is 0 Å². The third-order valence-corrected chi connectivity index (χ3v) is 4.57. The molecule has 0 bridgehead atoms. The van der Waals surface area contributed by atoms with Crippen molar-refractivity contribution < 1.29 is 9.59 Å². The van der Waals surface area contributed by atoms with E-state index in [0.29, 0.717) is 6.54 Å². The van der Waals surface area contributed by atoms with Crippen LogP contribution in [0.4, 0.5) is 0 Å². The number of nitrogens with two attached hydrogens (primary N) is 1. The fourth-order valence-corrected chi connectivity index (χ4v) is 2.79. The Morgan fingerprint density at radius 2 is 1.96 bits per heavy atom. The summed E-state index contributed by atoms with van der Waals surface area (Å²) in [4.78, 5) is 28.6. The van der Waals surface area contributed by atoms with E-state index in [1.54, 1.807) is 0 Å². The smallest absolute Gasteiger partial charge is 0.239 e. The average Bonchev–Trinajstić information content (AvgIpc) is 2.95. The lowest BCUT2D eigenvalue weighted by atomic mass is 9.93. The molecule has 2 heterocycles. The van der Waals surface area contributed by atoms with E-state index in [4.69, 9.17) is 10.7 Å². The highest BCUT2D eigenvalue weighted by atomic mass is 35.5. The number of fused-ring (bicyclic) bond motifs is 1. The van der Waals surface area contributed by atoms with Crippen LogP contribution in [0.2, 0.25) is 0 Å². The van der Waals surface area contributed by atoms with Gasteiger partial charge in [0, 0.05) is 30.6 Å². The summed E-state index contributed by atoms with van der Waals surface area (Å²) in [6.45, 7) is 10.9. The number of hydrogen-bond donors (Lipinski definition) is 3. The van der Waals surface area contributed by atoms with Crippen LogP contribution < -0.4 is 16.4 Å². The van der Waals surface area contributed by atoms with Crippen LogP contribution in [-0.4, -0.2) is 40.0 Å². The van der Waals surface area contributed by atoms with Crippen LogP contribution in [0.3, 0.4) is 0 Å². The summed E-state index contributed by atoms with van der Waals surface area (Å²) >= 11 is 0. The molecule has 2 amide bonds. The zero-order chi connectivity index (χ0) is 18.8. The second-order valence-corrected chi connectivity index (χ2v) is 8.24. The number of carbonyl (C=O) groups is 2. The molecule has 0 fully saturated rings. The topological polar surface area (TPSA) is 102 Å². The number of amides is 2. The van der Waals surface area contributed by atoms with E-state index < -0.39 is 6.04 Å². The Morgan fingerprint density at radius 3 is 2.52 bits per heavy atom. The predicted octanol–water partition coefficient (Wildman–Crippen LogP) is 1.55. The highest BCUT2D eigenvalue weighted by molar-refractivity contribution is 5.87. The number of rotatable bonds is 5. The normalized spacial score (nSPS) is 17.2. The number of aromatic nitrogens is 2. The van der Waals surface area contributed by atoms with Gasteiger partial charge in [0.1, 0.15) is 5.82 Å². The molecule has 156 valence electrons. The standard InChI is InChI=1S/C18H31N5O2.2ClH/c1-11(2)16(19)17(25)20-8-15(24)21-12-6-7-14-22-13(18(3,4)5)10-23(14)9-12;;/h10-12,16H,6-9,19H2,1-5H3,(H,20,25)(H,21,24);2*1H/t12?,16-;;/m0../s1. The lowest BCUT2D eigenvalue weighted by Gasteiger charge is -2.25. The molecule has 9 heteroatoms. The monoisotopic (exact) mass is 421 g/mol. The Hall–Kier alpha value is -1.31. The predicted molar refractivity (Wildman–Crippen MR) is 111 cm³/mol. The summed E-state index contributed by atoms with van der Waals surface area (Å²) in [5, 5.41) is 5.59. The van der Waals surface area contributed by atoms with Gasteiger partial charge in [-0.2, -0.15) is 0 Å². The Labute approximate surface area is 174 Å². The molecular weight excluding hydrogens is 389 g/mol. The van der Waals surface area contributed by atoms with Gasteiger partial charge < -0.3 is 20.9 Å². The van der Waals surface area contributed by atoms with E-state index in [-0.39, 0.29) is 60.5 Å². The number of nitrogens with zero attached hydrogens (tertiary/aromatic N) is 2. The first-order chi connectivity index (χ1) is 11.6. The number of nitrogens with one attached hydrogen (secondary N) is 2. The second kappa shape index (κ2) is 10.3. The first-order valence-corrected chi connectivity index (χ1v) is 8.97. The van der Waals surface area contributed by atoms with Crippen molar-refractivity contribution in [2.45, 2.75) is 71.5 Å². The molecule has 2 atom stereocenters. The van der Waals surface area contributed by atoms with Crippen molar-refractivity contribution in [3.05, 3.63) is 17.7 Å². The average molecular weight is 422 g/mol. The first kappa shape index (κ1) is 25.7. The SMILES string of the molecule is CC(C)[C@H](N)C(=O)NCC(=O)NC1CCc2nc(C(C)(C)C)cn2C1.Cl.Cl. The number of imidazole rings is 1. The third-order valence-electron chi connectivity index (χ3n) is 4.57. The molecule has 0 aliphatic carbocycles. The summed E-state index contributed by atoms with van der Waals surface area (Å²) in [6, 6.07) is -0.538. The van der Waals surface area contributed by atoms with Crippen molar-refractivity contribution in [3.63, 3.8) is 0 Å². The van der Waals surface area contributed by atoms with Crippen LogP contribution in [-0.2, 0) is 28.0 Å². The zero-order valence-corrected chi connectivity index (χ0v) is 18.4. The maximum atomic E-state index is 12.1. The summed E-state index contributed by atoms with van der Waals surface area (Å²) in [5.41, 5.74) is 6.86. The van der Waals surface area contributed by atoms with Crippen molar-refractivity contribution in [2.24, 2.45) is 11.7 Å². The fraction of sp³-hybridized carbons (Fsp3) is 0.722. The number of halogens is 2. The molecule has 1 aliphatic heterocycles. The van der Waals surface area contributed by atoms with Crippen molar-refractivity contribution >= 4 is 36.6 Å². The molecular formula is C18H33Cl2N5O2. The maximum Gasteiger partial charge on any atom is 0.239 e. The van der Waals surface area contributed by atoms with Crippen LogP contribution in [0.5, 0.6) is 0 Å². The van der Waals surface area contributed by atoms with Gasteiger partial charge in [0.2, 0.25) is 11.8 Å². The Bertz CT molecular complexity index is 640. The molecule has 0 radical (unpaired) electrons. The van der Waals surface area contributed by atoms with Gasteiger partial charge >= 0.3 is 0 Å². The first-order valence-electron chi connectivity index (χ1n) is 8.97. The molecule has 0 saturated heterocycles. The van der Waals surface area contributed by atoms with Crippen LogP contribution in [0.25, 0.3) is 0 Å². The highest BCUT2D eigenvalue weighted by Gasteiger charge is 2.25. The van der Waals surface area contributed by atoms with Gasteiger partial charge in [-0.25, -0.2) is 4.98 Å². The van der Waals surface area contributed by atoms with Gasteiger partial charge in [0.05, 0.1) is 18.3 Å².